The number of hydrogen-bond acceptors (Lipinski definition) is 3. The number of fused-ring (bicyclic) bond motifs is 3. The van der Waals surface area contributed by atoms with Gasteiger partial charge in [0.2, 0.25) is 0 Å². The summed E-state index contributed by atoms with van der Waals surface area (Å²) in [5, 5.41) is 11.4. The third kappa shape index (κ3) is 2.21. The van der Waals surface area contributed by atoms with Gasteiger partial charge < -0.3 is 15.5 Å². The maximum absolute atomic E-state index is 7.44. The summed E-state index contributed by atoms with van der Waals surface area (Å²) in [6.07, 6.45) is 0. The van der Waals surface area contributed by atoms with Crippen LogP contribution in [0.3, 0.4) is 0 Å². The van der Waals surface area contributed by atoms with Crippen LogP contribution in [0.5, 0.6) is 0 Å². The van der Waals surface area contributed by atoms with Crippen LogP contribution >= 0.6 is 0 Å². The van der Waals surface area contributed by atoms with E-state index in [-0.39, 0.29) is 11.1 Å². The summed E-state index contributed by atoms with van der Waals surface area (Å²) >= 11 is 0. The maximum Gasteiger partial charge on any atom is 0.320 e. The highest BCUT2D eigenvalue weighted by Gasteiger charge is 2.36. The summed E-state index contributed by atoms with van der Waals surface area (Å²) in [5.74, 6) is 1.24. The smallest absolute Gasteiger partial charge is 0.320 e. The molecular weight excluding hydrogens is 274 g/mol. The Bertz CT molecular complexity index is 771. The molecule has 1 aliphatic rings. The molecular formula is C17H21N5. The van der Waals surface area contributed by atoms with Gasteiger partial charge in [-0.05, 0) is 45.8 Å². The number of anilines is 2. The van der Waals surface area contributed by atoms with Crippen LogP contribution in [0.25, 0.3) is 10.5 Å². The summed E-state index contributed by atoms with van der Waals surface area (Å²) < 4.78 is 1.84. The second-order valence-electron chi connectivity index (χ2n) is 7.21. The molecule has 0 atom stereocenters. The molecule has 2 N–H and O–H groups in total. The van der Waals surface area contributed by atoms with Crippen LogP contribution in [0.4, 0.5) is 17.3 Å². The van der Waals surface area contributed by atoms with Crippen molar-refractivity contribution < 1.29 is 0 Å². The Kier molecular flexibility index (Phi) is 2.96. The molecule has 0 radical (unpaired) electrons. The second kappa shape index (κ2) is 4.51. The lowest BCUT2D eigenvalue weighted by Gasteiger charge is -2.35. The Labute approximate surface area is 131 Å². The minimum absolute atomic E-state index is 0.146. The minimum atomic E-state index is -0.222. The van der Waals surface area contributed by atoms with Gasteiger partial charge in [-0.3, -0.25) is 0 Å². The minimum Gasteiger partial charge on any atom is -0.385 e. The van der Waals surface area contributed by atoms with E-state index in [9.17, 15) is 0 Å². The molecule has 3 rings (SSSR count). The number of nitrogens with one attached hydrogen (secondary N) is 2. The van der Waals surface area contributed by atoms with E-state index in [4.69, 9.17) is 6.57 Å². The zero-order valence-electron chi connectivity index (χ0n) is 13.7. The summed E-state index contributed by atoms with van der Waals surface area (Å²) in [6.45, 7) is 17.9. The Morgan fingerprint density at radius 1 is 1.27 bits per heavy atom. The molecule has 0 bridgehead atoms. The first-order valence-corrected chi connectivity index (χ1v) is 7.40. The molecule has 1 aromatic carbocycles. The van der Waals surface area contributed by atoms with Crippen LogP contribution in [0, 0.1) is 6.57 Å². The fourth-order valence-electron chi connectivity index (χ4n) is 2.81. The van der Waals surface area contributed by atoms with Crippen molar-refractivity contribution in [3.8, 4) is 5.69 Å². The molecule has 2 aromatic rings. The van der Waals surface area contributed by atoms with Crippen molar-refractivity contribution in [1.82, 2.24) is 9.78 Å². The predicted octanol–water partition coefficient (Wildman–Crippen LogP) is 4.29. The molecule has 22 heavy (non-hydrogen) atoms. The van der Waals surface area contributed by atoms with Gasteiger partial charge in [0.25, 0.3) is 0 Å². The highest BCUT2D eigenvalue weighted by atomic mass is 15.4. The first kappa shape index (κ1) is 14.5. The van der Waals surface area contributed by atoms with E-state index in [0.29, 0.717) is 5.82 Å². The van der Waals surface area contributed by atoms with Gasteiger partial charge in [0, 0.05) is 11.1 Å². The monoisotopic (exact) mass is 295 g/mol. The van der Waals surface area contributed by atoms with Crippen molar-refractivity contribution in [2.75, 3.05) is 10.6 Å². The maximum atomic E-state index is 7.44. The van der Waals surface area contributed by atoms with E-state index in [1.165, 1.54) is 5.56 Å². The predicted molar refractivity (Wildman–Crippen MR) is 89.9 cm³/mol. The van der Waals surface area contributed by atoms with E-state index in [0.717, 1.165) is 17.2 Å². The molecule has 2 heterocycles. The van der Waals surface area contributed by atoms with Crippen LogP contribution in [0.2, 0.25) is 0 Å². The van der Waals surface area contributed by atoms with Crippen LogP contribution in [-0.4, -0.2) is 15.3 Å². The molecule has 0 saturated heterocycles. The SMILES string of the molecule is [C-]#[N+]c1nn2c(c1NC(C)(C)C)NC(C)(C)c1ccccc1-2. The molecule has 0 unspecified atom stereocenters. The molecule has 0 fully saturated rings. The number of hydrogen-bond donors (Lipinski definition) is 2. The van der Waals surface area contributed by atoms with E-state index in [1.54, 1.807) is 0 Å². The van der Waals surface area contributed by atoms with Crippen molar-refractivity contribution >= 4 is 17.3 Å². The van der Waals surface area contributed by atoms with Crippen LogP contribution in [0.1, 0.15) is 40.2 Å². The molecule has 0 amide bonds. The van der Waals surface area contributed by atoms with Gasteiger partial charge in [0.15, 0.2) is 5.82 Å². The topological polar surface area (TPSA) is 46.2 Å². The molecule has 1 aromatic heterocycles. The number of para-hydroxylation sites is 1. The lowest BCUT2D eigenvalue weighted by molar-refractivity contribution is 0.573. The lowest BCUT2D eigenvalue weighted by atomic mass is 9.91. The third-order valence-electron chi connectivity index (χ3n) is 3.71. The standard InChI is InChI=1S/C17H21N5/c1-16(2,3)19-13-14(18-6)21-22-12-10-8-7-9-11(12)17(4,5)20-15(13)22/h7-10,19-20H,1-5H3. The zero-order chi connectivity index (χ0) is 16.1. The Hall–Kier alpha value is -2.48. The van der Waals surface area contributed by atoms with Crippen LogP contribution < -0.4 is 10.6 Å². The van der Waals surface area contributed by atoms with Crippen molar-refractivity contribution in [2.24, 2.45) is 0 Å². The molecule has 5 heteroatoms. The highest BCUT2D eigenvalue weighted by molar-refractivity contribution is 5.83. The Morgan fingerprint density at radius 3 is 2.59 bits per heavy atom. The molecule has 1 aliphatic heterocycles. The summed E-state index contributed by atoms with van der Waals surface area (Å²) in [4.78, 5) is 3.60. The molecule has 0 aliphatic carbocycles. The third-order valence-corrected chi connectivity index (χ3v) is 3.71. The highest BCUT2D eigenvalue weighted by Crippen LogP contribution is 2.44. The quantitative estimate of drug-likeness (QED) is 0.771. The first-order valence-electron chi connectivity index (χ1n) is 7.40. The fraction of sp³-hybridized carbons (Fsp3) is 0.412. The average molecular weight is 295 g/mol. The van der Waals surface area contributed by atoms with Crippen molar-refractivity contribution in [1.29, 1.82) is 0 Å². The van der Waals surface area contributed by atoms with Gasteiger partial charge >= 0.3 is 5.82 Å². The number of benzene rings is 1. The fourth-order valence-corrected chi connectivity index (χ4v) is 2.81. The van der Waals surface area contributed by atoms with E-state index in [2.05, 4.69) is 61.3 Å². The summed E-state index contributed by atoms with van der Waals surface area (Å²) in [7, 11) is 0. The molecule has 0 saturated carbocycles. The average Bonchev–Trinajstić information content (AvgIpc) is 2.75. The second-order valence-corrected chi connectivity index (χ2v) is 7.21. The van der Waals surface area contributed by atoms with Gasteiger partial charge in [-0.2, -0.15) is 0 Å². The lowest BCUT2D eigenvalue weighted by Crippen LogP contribution is -2.35. The van der Waals surface area contributed by atoms with Crippen LogP contribution in [-0.2, 0) is 5.54 Å². The van der Waals surface area contributed by atoms with Crippen molar-refractivity contribution in [3.63, 3.8) is 0 Å². The van der Waals surface area contributed by atoms with E-state index in [1.807, 2.05) is 22.9 Å². The summed E-state index contributed by atoms with van der Waals surface area (Å²) in [5.41, 5.74) is 2.59. The number of nitrogens with zero attached hydrogens (tertiary/aromatic N) is 3. The van der Waals surface area contributed by atoms with Gasteiger partial charge in [0.05, 0.1) is 11.2 Å². The van der Waals surface area contributed by atoms with Gasteiger partial charge in [-0.1, -0.05) is 24.8 Å². The Morgan fingerprint density at radius 2 is 1.95 bits per heavy atom. The first-order chi connectivity index (χ1) is 10.2. The van der Waals surface area contributed by atoms with Crippen LogP contribution in [0.15, 0.2) is 24.3 Å². The largest absolute Gasteiger partial charge is 0.385 e. The van der Waals surface area contributed by atoms with Crippen molar-refractivity contribution in [3.05, 3.63) is 41.2 Å². The molecule has 0 spiro atoms. The van der Waals surface area contributed by atoms with Crippen molar-refractivity contribution in [2.45, 2.75) is 45.7 Å². The number of aromatic nitrogens is 2. The summed E-state index contributed by atoms with van der Waals surface area (Å²) in [6, 6.07) is 8.17. The van der Waals surface area contributed by atoms with Gasteiger partial charge in [0.1, 0.15) is 5.69 Å². The zero-order valence-corrected chi connectivity index (χ0v) is 13.7. The van der Waals surface area contributed by atoms with E-state index < -0.39 is 0 Å². The Balaban J connectivity index is 2.25. The number of rotatable bonds is 1. The van der Waals surface area contributed by atoms with E-state index >= 15 is 0 Å². The molecule has 5 nitrogen and oxygen atoms in total. The normalized spacial score (nSPS) is 15.3. The van der Waals surface area contributed by atoms with Gasteiger partial charge in [-0.15, -0.1) is 4.68 Å². The van der Waals surface area contributed by atoms with Gasteiger partial charge in [-0.25, -0.2) is 0 Å². The molecule has 114 valence electrons.